The highest BCUT2D eigenvalue weighted by Crippen LogP contribution is 2.23. The number of hydrogen-bond acceptors (Lipinski definition) is 4. The number of aromatic nitrogens is 3. The first-order valence-corrected chi connectivity index (χ1v) is 5.95. The van der Waals surface area contributed by atoms with E-state index >= 15 is 0 Å². The van der Waals surface area contributed by atoms with Gasteiger partial charge in [0.1, 0.15) is 5.75 Å². The molecule has 5 heteroatoms. The van der Waals surface area contributed by atoms with Crippen molar-refractivity contribution in [3.8, 4) is 11.4 Å². The number of pyridine rings is 1. The van der Waals surface area contributed by atoms with Crippen molar-refractivity contribution in [2.45, 2.75) is 6.92 Å². The molecule has 0 unspecified atom stereocenters. The minimum atomic E-state index is 0.485. The second-order valence-corrected chi connectivity index (χ2v) is 4.32. The normalized spacial score (nSPS) is 10.8. The van der Waals surface area contributed by atoms with Crippen molar-refractivity contribution >= 4 is 16.9 Å². The number of ether oxygens (including phenoxy) is 1. The van der Waals surface area contributed by atoms with Crippen molar-refractivity contribution in [1.82, 2.24) is 14.8 Å². The van der Waals surface area contributed by atoms with E-state index in [1.807, 2.05) is 43.3 Å². The third kappa shape index (κ3) is 1.89. The number of anilines is 1. The lowest BCUT2D eigenvalue weighted by molar-refractivity contribution is 0.414. The maximum absolute atomic E-state index is 5.92. The number of rotatable bonds is 2. The molecular formula is C14H14N4O. The molecule has 1 aromatic carbocycles. The number of aryl methyl sites for hydroxylation is 1. The smallest absolute Gasteiger partial charge is 0.165 e. The predicted octanol–water partition coefficient (Wildman–Crippen LogP) is 2.32. The summed E-state index contributed by atoms with van der Waals surface area (Å²) >= 11 is 0. The summed E-state index contributed by atoms with van der Waals surface area (Å²) in [5.41, 5.74) is 8.53. The van der Waals surface area contributed by atoms with Crippen molar-refractivity contribution < 1.29 is 4.74 Å². The molecule has 2 heterocycles. The first kappa shape index (κ1) is 11.5. The number of fused-ring (bicyclic) bond motifs is 1. The summed E-state index contributed by atoms with van der Waals surface area (Å²) in [4.78, 5) is 4.50. The van der Waals surface area contributed by atoms with E-state index in [0.717, 1.165) is 28.2 Å². The maximum Gasteiger partial charge on any atom is 0.165 e. The van der Waals surface area contributed by atoms with Crippen LogP contribution in [-0.4, -0.2) is 21.9 Å². The molecule has 0 saturated heterocycles. The topological polar surface area (TPSA) is 66.0 Å². The highest BCUT2D eigenvalue weighted by atomic mass is 16.5. The van der Waals surface area contributed by atoms with E-state index < -0.39 is 0 Å². The zero-order valence-electron chi connectivity index (χ0n) is 10.8. The molecule has 0 radical (unpaired) electrons. The Morgan fingerprint density at radius 2 is 1.84 bits per heavy atom. The number of methoxy groups -OCH3 is 1. The molecule has 3 rings (SSSR count). The maximum atomic E-state index is 5.92. The third-order valence-corrected chi connectivity index (χ3v) is 3.02. The van der Waals surface area contributed by atoms with Crippen LogP contribution in [-0.2, 0) is 0 Å². The predicted molar refractivity (Wildman–Crippen MR) is 74.6 cm³/mol. The van der Waals surface area contributed by atoms with Gasteiger partial charge in [-0.25, -0.2) is 9.67 Å². The van der Waals surface area contributed by atoms with Crippen LogP contribution in [0.4, 0.5) is 5.82 Å². The molecule has 0 aliphatic rings. The average Bonchev–Trinajstić information content (AvgIpc) is 2.75. The fourth-order valence-electron chi connectivity index (χ4n) is 2.02. The van der Waals surface area contributed by atoms with E-state index in [9.17, 15) is 0 Å². The van der Waals surface area contributed by atoms with Crippen molar-refractivity contribution in [1.29, 1.82) is 0 Å². The van der Waals surface area contributed by atoms with Crippen LogP contribution in [0.25, 0.3) is 16.7 Å². The average molecular weight is 254 g/mol. The summed E-state index contributed by atoms with van der Waals surface area (Å²) < 4.78 is 6.89. The van der Waals surface area contributed by atoms with Crippen molar-refractivity contribution in [3.63, 3.8) is 0 Å². The van der Waals surface area contributed by atoms with Gasteiger partial charge >= 0.3 is 0 Å². The van der Waals surface area contributed by atoms with Crippen LogP contribution in [0.3, 0.4) is 0 Å². The quantitative estimate of drug-likeness (QED) is 0.762. The van der Waals surface area contributed by atoms with Gasteiger partial charge in [-0.3, -0.25) is 0 Å². The summed E-state index contributed by atoms with van der Waals surface area (Å²) in [7, 11) is 1.64. The van der Waals surface area contributed by atoms with Gasteiger partial charge in [-0.15, -0.1) is 5.10 Å². The van der Waals surface area contributed by atoms with E-state index in [4.69, 9.17) is 10.5 Å². The van der Waals surface area contributed by atoms with Crippen LogP contribution in [0, 0.1) is 6.92 Å². The lowest BCUT2D eigenvalue weighted by Gasteiger charge is -2.04. The monoisotopic (exact) mass is 254 g/mol. The van der Waals surface area contributed by atoms with Gasteiger partial charge in [0, 0.05) is 5.69 Å². The Hall–Kier alpha value is -2.56. The summed E-state index contributed by atoms with van der Waals surface area (Å²) in [6.45, 7) is 1.95. The molecule has 0 spiro atoms. The van der Waals surface area contributed by atoms with Crippen LogP contribution >= 0.6 is 0 Å². The Morgan fingerprint density at radius 3 is 2.53 bits per heavy atom. The van der Waals surface area contributed by atoms with Gasteiger partial charge in [-0.1, -0.05) is 0 Å². The van der Waals surface area contributed by atoms with Gasteiger partial charge in [0.05, 0.1) is 18.2 Å². The first-order chi connectivity index (χ1) is 9.19. The highest BCUT2D eigenvalue weighted by molar-refractivity contribution is 5.87. The first-order valence-electron chi connectivity index (χ1n) is 5.95. The lowest BCUT2D eigenvalue weighted by atomic mass is 10.3. The number of nitrogens with zero attached hydrogens (tertiary/aromatic N) is 3. The van der Waals surface area contributed by atoms with E-state index in [-0.39, 0.29) is 0 Å². The fourth-order valence-corrected chi connectivity index (χ4v) is 2.02. The molecule has 5 nitrogen and oxygen atoms in total. The molecule has 0 amide bonds. The molecule has 2 aromatic heterocycles. The highest BCUT2D eigenvalue weighted by Gasteiger charge is 2.11. The van der Waals surface area contributed by atoms with Crippen molar-refractivity contribution in [2.24, 2.45) is 0 Å². The molecule has 0 aliphatic heterocycles. The Kier molecular flexibility index (Phi) is 2.59. The number of nitrogen functional groups attached to an aromatic ring is 1. The SMILES string of the molecule is COc1ccc(-n2nc(N)c3ccc(C)nc32)cc1. The van der Waals surface area contributed by atoms with Crippen LogP contribution < -0.4 is 10.5 Å². The summed E-state index contributed by atoms with van der Waals surface area (Å²) in [6, 6.07) is 11.5. The Balaban J connectivity index is 2.20. The summed E-state index contributed by atoms with van der Waals surface area (Å²) in [5, 5.41) is 5.21. The molecule has 0 aliphatic carbocycles. The molecule has 0 saturated carbocycles. The Morgan fingerprint density at radius 1 is 1.11 bits per heavy atom. The zero-order chi connectivity index (χ0) is 13.4. The van der Waals surface area contributed by atoms with Gasteiger partial charge in [-0.05, 0) is 43.3 Å². The molecule has 0 fully saturated rings. The van der Waals surface area contributed by atoms with Gasteiger partial charge in [-0.2, -0.15) is 0 Å². The molecule has 19 heavy (non-hydrogen) atoms. The second-order valence-electron chi connectivity index (χ2n) is 4.32. The Bertz CT molecular complexity index is 731. The minimum Gasteiger partial charge on any atom is -0.497 e. The number of hydrogen-bond donors (Lipinski definition) is 1. The number of nitrogens with two attached hydrogens (primary N) is 1. The van der Waals surface area contributed by atoms with Gasteiger partial charge in [0.15, 0.2) is 11.5 Å². The van der Waals surface area contributed by atoms with Crippen LogP contribution in [0.5, 0.6) is 5.75 Å². The van der Waals surface area contributed by atoms with E-state index in [1.54, 1.807) is 11.8 Å². The van der Waals surface area contributed by atoms with Crippen LogP contribution in [0.1, 0.15) is 5.69 Å². The van der Waals surface area contributed by atoms with E-state index in [1.165, 1.54) is 0 Å². The molecular weight excluding hydrogens is 240 g/mol. The molecule has 3 aromatic rings. The van der Waals surface area contributed by atoms with Gasteiger partial charge < -0.3 is 10.5 Å². The lowest BCUT2D eigenvalue weighted by Crippen LogP contribution is -1.99. The van der Waals surface area contributed by atoms with Gasteiger partial charge in [0.2, 0.25) is 0 Å². The third-order valence-electron chi connectivity index (χ3n) is 3.02. The Labute approximate surface area is 110 Å². The second kappa shape index (κ2) is 4.28. The van der Waals surface area contributed by atoms with Gasteiger partial charge in [0.25, 0.3) is 0 Å². The molecule has 2 N–H and O–H groups in total. The number of benzene rings is 1. The van der Waals surface area contributed by atoms with Crippen LogP contribution in [0.15, 0.2) is 36.4 Å². The standard InChI is InChI=1S/C14H14N4O/c1-9-3-8-12-13(15)17-18(14(12)16-9)10-4-6-11(19-2)7-5-10/h3-8H,1-2H3,(H2,15,17). The molecule has 96 valence electrons. The largest absolute Gasteiger partial charge is 0.497 e. The summed E-state index contributed by atoms with van der Waals surface area (Å²) in [6.07, 6.45) is 0. The molecule has 0 atom stereocenters. The summed E-state index contributed by atoms with van der Waals surface area (Å²) in [5.74, 6) is 1.29. The minimum absolute atomic E-state index is 0.485. The van der Waals surface area contributed by atoms with Crippen molar-refractivity contribution in [3.05, 3.63) is 42.1 Å². The fraction of sp³-hybridized carbons (Fsp3) is 0.143. The molecule has 0 bridgehead atoms. The van der Waals surface area contributed by atoms with E-state index in [0.29, 0.717) is 5.82 Å². The van der Waals surface area contributed by atoms with Crippen LogP contribution in [0.2, 0.25) is 0 Å². The zero-order valence-corrected chi connectivity index (χ0v) is 10.8. The van der Waals surface area contributed by atoms with Crippen molar-refractivity contribution in [2.75, 3.05) is 12.8 Å². The van der Waals surface area contributed by atoms with E-state index in [2.05, 4.69) is 10.1 Å².